The van der Waals surface area contributed by atoms with Crippen molar-refractivity contribution in [2.75, 3.05) is 0 Å². The molecule has 3 rings (SSSR count). The van der Waals surface area contributed by atoms with Crippen LogP contribution in [-0.2, 0) is 23.2 Å². The first kappa shape index (κ1) is 20.1. The van der Waals surface area contributed by atoms with Crippen LogP contribution in [0, 0.1) is 0 Å². The van der Waals surface area contributed by atoms with Crippen molar-refractivity contribution >= 4 is 12.0 Å². The van der Waals surface area contributed by atoms with Crippen LogP contribution in [0.15, 0.2) is 73.1 Å². The molecule has 0 aliphatic rings. The average molecular weight is 392 g/mol. The van der Waals surface area contributed by atoms with Crippen LogP contribution in [0.25, 0.3) is 0 Å². The molecule has 3 aromatic rings. The highest BCUT2D eigenvalue weighted by Gasteiger charge is 2.24. The molecule has 2 N–H and O–H groups in total. The van der Waals surface area contributed by atoms with E-state index in [0.29, 0.717) is 5.82 Å². The molecule has 0 fully saturated rings. The highest BCUT2D eigenvalue weighted by atomic mass is 16.5. The molecule has 150 valence electrons. The van der Waals surface area contributed by atoms with Crippen molar-refractivity contribution in [3.8, 4) is 0 Å². The van der Waals surface area contributed by atoms with Crippen LogP contribution >= 0.6 is 0 Å². The van der Waals surface area contributed by atoms with E-state index in [-0.39, 0.29) is 12.5 Å². The monoisotopic (exact) mass is 392 g/mol. The maximum Gasteiger partial charge on any atom is 0.408 e. The molecular weight excluding hydrogens is 368 g/mol. The maximum absolute atomic E-state index is 12.7. The van der Waals surface area contributed by atoms with Gasteiger partial charge in [-0.3, -0.25) is 4.79 Å². The number of aryl methyl sites for hydroxylation is 1. The van der Waals surface area contributed by atoms with E-state index in [1.54, 1.807) is 13.1 Å². The molecular formula is C22H24N4O3. The largest absolute Gasteiger partial charge is 0.445 e. The van der Waals surface area contributed by atoms with Gasteiger partial charge >= 0.3 is 6.09 Å². The second-order valence-corrected chi connectivity index (χ2v) is 6.68. The molecule has 0 aliphatic carbocycles. The smallest absolute Gasteiger partial charge is 0.408 e. The number of hydrogen-bond donors (Lipinski definition) is 2. The third-order valence-electron chi connectivity index (χ3n) is 4.48. The summed E-state index contributed by atoms with van der Waals surface area (Å²) >= 11 is 0. The molecule has 0 aliphatic heterocycles. The van der Waals surface area contributed by atoms with Gasteiger partial charge in [0.05, 0.1) is 0 Å². The Morgan fingerprint density at radius 2 is 1.69 bits per heavy atom. The first-order chi connectivity index (χ1) is 14.0. The Balaban J connectivity index is 1.61. The second-order valence-electron chi connectivity index (χ2n) is 6.68. The van der Waals surface area contributed by atoms with Crippen molar-refractivity contribution in [1.29, 1.82) is 0 Å². The summed E-state index contributed by atoms with van der Waals surface area (Å²) in [5.41, 5.74) is 1.77. The summed E-state index contributed by atoms with van der Waals surface area (Å²) < 4.78 is 7.03. The molecule has 0 saturated heterocycles. The van der Waals surface area contributed by atoms with Crippen molar-refractivity contribution in [2.45, 2.75) is 25.6 Å². The van der Waals surface area contributed by atoms with Crippen LogP contribution in [0.5, 0.6) is 0 Å². The Morgan fingerprint density at radius 1 is 1.03 bits per heavy atom. The quantitative estimate of drug-likeness (QED) is 0.647. The Labute approximate surface area is 169 Å². The van der Waals surface area contributed by atoms with Crippen LogP contribution in [0.1, 0.15) is 29.9 Å². The van der Waals surface area contributed by atoms with Crippen LogP contribution in [-0.4, -0.2) is 27.6 Å². The number of aromatic nitrogens is 2. The third kappa shape index (κ3) is 5.44. The van der Waals surface area contributed by atoms with E-state index in [9.17, 15) is 9.59 Å². The molecule has 7 nitrogen and oxygen atoms in total. The average Bonchev–Trinajstić information content (AvgIpc) is 3.17. The van der Waals surface area contributed by atoms with Gasteiger partial charge in [0, 0.05) is 19.4 Å². The number of nitrogens with zero attached hydrogens (tertiary/aromatic N) is 2. The Hall–Kier alpha value is -3.61. The topological polar surface area (TPSA) is 85.2 Å². The first-order valence-electron chi connectivity index (χ1n) is 9.34. The SMILES string of the molecule is C[C@@H](NC(=O)OCc1ccccc1)C(=O)N[C@H](c1ccccc1)c1nccn1C. The fourth-order valence-electron chi connectivity index (χ4n) is 2.87. The van der Waals surface area contributed by atoms with Gasteiger partial charge in [0.15, 0.2) is 0 Å². The summed E-state index contributed by atoms with van der Waals surface area (Å²) in [4.78, 5) is 29.1. The summed E-state index contributed by atoms with van der Waals surface area (Å²) in [6.07, 6.45) is 2.85. The number of alkyl carbamates (subject to hydrolysis) is 1. The zero-order valence-electron chi connectivity index (χ0n) is 16.4. The lowest BCUT2D eigenvalue weighted by molar-refractivity contribution is -0.123. The van der Waals surface area contributed by atoms with Gasteiger partial charge in [-0.15, -0.1) is 0 Å². The fraction of sp³-hybridized carbons (Fsp3) is 0.227. The molecule has 0 saturated carbocycles. The van der Waals surface area contributed by atoms with Crippen LogP contribution < -0.4 is 10.6 Å². The van der Waals surface area contributed by atoms with Crippen LogP contribution in [0.3, 0.4) is 0 Å². The van der Waals surface area contributed by atoms with Crippen molar-refractivity contribution in [2.24, 2.45) is 7.05 Å². The van der Waals surface area contributed by atoms with E-state index in [0.717, 1.165) is 11.1 Å². The predicted molar refractivity (Wildman–Crippen MR) is 109 cm³/mol. The summed E-state index contributed by atoms with van der Waals surface area (Å²) in [5.74, 6) is 0.363. The minimum absolute atomic E-state index is 0.140. The first-order valence-corrected chi connectivity index (χ1v) is 9.34. The molecule has 0 unspecified atom stereocenters. The zero-order valence-corrected chi connectivity index (χ0v) is 16.4. The van der Waals surface area contributed by atoms with E-state index in [4.69, 9.17) is 4.74 Å². The Bertz CT molecular complexity index is 941. The van der Waals surface area contributed by atoms with E-state index in [2.05, 4.69) is 15.6 Å². The van der Waals surface area contributed by atoms with Crippen molar-refractivity contribution < 1.29 is 14.3 Å². The van der Waals surface area contributed by atoms with E-state index in [1.807, 2.05) is 78.5 Å². The number of amides is 2. The minimum Gasteiger partial charge on any atom is -0.445 e. The van der Waals surface area contributed by atoms with Gasteiger partial charge in [-0.25, -0.2) is 9.78 Å². The zero-order chi connectivity index (χ0) is 20.6. The van der Waals surface area contributed by atoms with Crippen LogP contribution in [0.4, 0.5) is 4.79 Å². The van der Waals surface area contributed by atoms with E-state index >= 15 is 0 Å². The highest BCUT2D eigenvalue weighted by Crippen LogP contribution is 2.20. The van der Waals surface area contributed by atoms with Crippen molar-refractivity contribution in [3.63, 3.8) is 0 Å². The molecule has 2 amide bonds. The summed E-state index contributed by atoms with van der Waals surface area (Å²) in [7, 11) is 1.87. The molecule has 29 heavy (non-hydrogen) atoms. The van der Waals surface area contributed by atoms with Gasteiger partial charge < -0.3 is 19.9 Å². The maximum atomic E-state index is 12.7. The summed E-state index contributed by atoms with van der Waals surface area (Å²) in [6, 6.07) is 17.7. The molecule has 2 atom stereocenters. The lowest BCUT2D eigenvalue weighted by Gasteiger charge is -2.22. The summed E-state index contributed by atoms with van der Waals surface area (Å²) in [6.45, 7) is 1.75. The lowest BCUT2D eigenvalue weighted by Crippen LogP contribution is -2.46. The number of imidazole rings is 1. The van der Waals surface area contributed by atoms with Crippen molar-refractivity contribution in [3.05, 3.63) is 90.0 Å². The molecule has 0 spiro atoms. The third-order valence-corrected chi connectivity index (χ3v) is 4.48. The van der Waals surface area contributed by atoms with Gasteiger partial charge in [0.2, 0.25) is 5.91 Å². The Morgan fingerprint density at radius 3 is 2.31 bits per heavy atom. The minimum atomic E-state index is -0.773. The van der Waals surface area contributed by atoms with Crippen LogP contribution in [0.2, 0.25) is 0 Å². The van der Waals surface area contributed by atoms with Gasteiger partial charge in [0.1, 0.15) is 24.5 Å². The van der Waals surface area contributed by atoms with Gasteiger partial charge in [0.25, 0.3) is 0 Å². The van der Waals surface area contributed by atoms with E-state index < -0.39 is 18.2 Å². The number of hydrogen-bond acceptors (Lipinski definition) is 4. The van der Waals surface area contributed by atoms with E-state index in [1.165, 1.54) is 0 Å². The number of carbonyl (C=O) groups excluding carboxylic acids is 2. The van der Waals surface area contributed by atoms with Crippen molar-refractivity contribution in [1.82, 2.24) is 20.2 Å². The lowest BCUT2D eigenvalue weighted by atomic mass is 10.1. The number of carbonyl (C=O) groups is 2. The fourth-order valence-corrected chi connectivity index (χ4v) is 2.87. The normalized spacial score (nSPS) is 12.6. The molecule has 2 aromatic carbocycles. The number of rotatable bonds is 7. The molecule has 0 bridgehead atoms. The van der Waals surface area contributed by atoms with Gasteiger partial charge in [-0.1, -0.05) is 60.7 Å². The highest BCUT2D eigenvalue weighted by molar-refractivity contribution is 5.85. The number of nitrogens with one attached hydrogen (secondary N) is 2. The number of ether oxygens (including phenoxy) is 1. The van der Waals surface area contributed by atoms with Gasteiger partial charge in [-0.2, -0.15) is 0 Å². The van der Waals surface area contributed by atoms with Gasteiger partial charge in [-0.05, 0) is 18.1 Å². The second kappa shape index (κ2) is 9.54. The molecule has 0 radical (unpaired) electrons. The predicted octanol–water partition coefficient (Wildman–Crippen LogP) is 2.94. The molecule has 7 heteroatoms. The Kier molecular flexibility index (Phi) is 6.63. The number of benzene rings is 2. The molecule has 1 aromatic heterocycles. The molecule has 1 heterocycles. The summed E-state index contributed by atoms with van der Waals surface area (Å²) in [5, 5.41) is 5.53. The standard InChI is InChI=1S/C22H24N4O3/c1-16(24-22(28)29-15-17-9-5-3-6-10-17)21(27)25-19(18-11-7-4-8-12-18)20-23-13-14-26(20)2/h3-14,16,19H,15H2,1-2H3,(H,24,28)(H,25,27)/t16-,19-/m1/s1.